The summed E-state index contributed by atoms with van der Waals surface area (Å²) in [6, 6.07) is 2.40. The lowest BCUT2D eigenvalue weighted by atomic mass is 10.2. The van der Waals surface area contributed by atoms with Gasteiger partial charge in [0.15, 0.2) is 5.82 Å². The van der Waals surface area contributed by atoms with E-state index in [0.29, 0.717) is 11.3 Å². The fraction of sp³-hybridized carbons (Fsp3) is 0.333. The molecule has 1 atom stereocenters. The van der Waals surface area contributed by atoms with E-state index >= 15 is 0 Å². The van der Waals surface area contributed by atoms with Crippen LogP contribution in [0.15, 0.2) is 12.3 Å². The third-order valence-electron chi connectivity index (χ3n) is 2.57. The monoisotopic (exact) mass is 208 g/mol. The van der Waals surface area contributed by atoms with Crippen LogP contribution in [0.2, 0.25) is 5.28 Å². The van der Waals surface area contributed by atoms with Crippen molar-refractivity contribution in [1.29, 1.82) is 0 Å². The van der Waals surface area contributed by atoms with E-state index in [1.165, 1.54) is 0 Å². The minimum atomic E-state index is 0.298. The molecule has 0 aliphatic carbocycles. The molecule has 3 heterocycles. The minimum Gasteiger partial charge on any atom is -0.366 e. The number of nitrogens with one attached hydrogen (secondary N) is 1. The lowest BCUT2D eigenvalue weighted by Gasteiger charge is -2.22. The molecule has 2 aromatic rings. The van der Waals surface area contributed by atoms with Gasteiger partial charge in [-0.25, -0.2) is 4.98 Å². The van der Waals surface area contributed by atoms with E-state index in [9.17, 15) is 0 Å². The number of rotatable bonds is 0. The van der Waals surface area contributed by atoms with Crippen molar-refractivity contribution in [3.05, 3.63) is 17.5 Å². The Kier molecular flexibility index (Phi) is 1.50. The van der Waals surface area contributed by atoms with Crippen molar-refractivity contribution in [3.63, 3.8) is 0 Å². The molecular weight excluding hydrogens is 200 g/mol. The normalized spacial score (nSPS) is 19.7. The summed E-state index contributed by atoms with van der Waals surface area (Å²) in [7, 11) is 0. The standard InChI is InChI=1S/C9H9ClN4/c1-5-4-11-8-7-6(2-3-14(5)7)12-9(10)13-8/h2-3,5H,4H2,1H3,(H,11,12,13)/t5-/m1/s1. The molecule has 5 heteroatoms. The van der Waals surface area contributed by atoms with Gasteiger partial charge in [-0.1, -0.05) is 0 Å². The lowest BCUT2D eigenvalue weighted by Crippen LogP contribution is -2.21. The van der Waals surface area contributed by atoms with Crippen LogP contribution in [0.25, 0.3) is 11.0 Å². The zero-order valence-corrected chi connectivity index (χ0v) is 8.41. The molecule has 3 rings (SSSR count). The summed E-state index contributed by atoms with van der Waals surface area (Å²) in [5.74, 6) is 0.836. The van der Waals surface area contributed by atoms with E-state index in [1.54, 1.807) is 0 Å². The highest BCUT2D eigenvalue weighted by Crippen LogP contribution is 2.29. The first kappa shape index (κ1) is 8.05. The van der Waals surface area contributed by atoms with E-state index in [2.05, 4.69) is 26.8 Å². The molecule has 4 nitrogen and oxygen atoms in total. The maximum atomic E-state index is 5.80. The van der Waals surface area contributed by atoms with Gasteiger partial charge >= 0.3 is 0 Å². The summed E-state index contributed by atoms with van der Waals surface area (Å²) in [6.07, 6.45) is 2.03. The highest BCUT2D eigenvalue weighted by atomic mass is 35.5. The van der Waals surface area contributed by atoms with Crippen LogP contribution in [0.5, 0.6) is 0 Å². The number of aromatic nitrogens is 3. The Bertz CT molecular complexity index is 505. The van der Waals surface area contributed by atoms with Gasteiger partial charge in [-0.2, -0.15) is 4.98 Å². The van der Waals surface area contributed by atoms with Crippen molar-refractivity contribution >= 4 is 28.5 Å². The second kappa shape index (κ2) is 2.60. The Labute approximate surface area is 85.9 Å². The summed E-state index contributed by atoms with van der Waals surface area (Å²) in [5.41, 5.74) is 1.95. The highest BCUT2D eigenvalue weighted by molar-refractivity contribution is 6.28. The Hall–Kier alpha value is -1.29. The van der Waals surface area contributed by atoms with Gasteiger partial charge in [0, 0.05) is 18.8 Å². The fourth-order valence-corrected chi connectivity index (χ4v) is 2.05. The van der Waals surface area contributed by atoms with Crippen LogP contribution >= 0.6 is 11.6 Å². The van der Waals surface area contributed by atoms with Crippen LogP contribution in [-0.4, -0.2) is 21.1 Å². The summed E-state index contributed by atoms with van der Waals surface area (Å²) in [5, 5.41) is 3.55. The fourth-order valence-electron chi connectivity index (χ4n) is 1.87. The molecule has 0 saturated carbocycles. The molecule has 2 aromatic heterocycles. The van der Waals surface area contributed by atoms with Crippen LogP contribution in [0.1, 0.15) is 13.0 Å². The number of halogens is 1. The summed E-state index contributed by atoms with van der Waals surface area (Å²) in [6.45, 7) is 3.04. The SMILES string of the molecule is C[C@@H]1CNc2nc(Cl)nc3ccn1c23. The minimum absolute atomic E-state index is 0.298. The number of anilines is 1. The van der Waals surface area contributed by atoms with Crippen LogP contribution < -0.4 is 5.32 Å². The van der Waals surface area contributed by atoms with E-state index in [-0.39, 0.29) is 0 Å². The molecule has 1 aliphatic rings. The third kappa shape index (κ3) is 0.944. The number of nitrogens with zero attached hydrogens (tertiary/aromatic N) is 3. The van der Waals surface area contributed by atoms with Crippen molar-refractivity contribution in [3.8, 4) is 0 Å². The Morgan fingerprint density at radius 2 is 2.43 bits per heavy atom. The second-order valence-corrected chi connectivity index (χ2v) is 3.87. The first-order valence-electron chi connectivity index (χ1n) is 4.53. The van der Waals surface area contributed by atoms with E-state index < -0.39 is 0 Å². The molecular formula is C9H9ClN4. The third-order valence-corrected chi connectivity index (χ3v) is 2.74. The molecule has 1 aliphatic heterocycles. The average molecular weight is 209 g/mol. The molecule has 72 valence electrons. The topological polar surface area (TPSA) is 42.7 Å². The molecule has 14 heavy (non-hydrogen) atoms. The summed E-state index contributed by atoms with van der Waals surface area (Å²) in [4.78, 5) is 8.33. The largest absolute Gasteiger partial charge is 0.366 e. The zero-order valence-electron chi connectivity index (χ0n) is 7.66. The quantitative estimate of drug-likeness (QED) is 0.674. The highest BCUT2D eigenvalue weighted by Gasteiger charge is 2.19. The molecule has 0 spiro atoms. The Balaban J connectivity index is 2.43. The van der Waals surface area contributed by atoms with Crippen LogP contribution in [0.4, 0.5) is 5.82 Å². The molecule has 0 saturated heterocycles. The second-order valence-electron chi connectivity index (χ2n) is 3.53. The van der Waals surface area contributed by atoms with Gasteiger partial charge in [-0.05, 0) is 24.6 Å². The van der Waals surface area contributed by atoms with Gasteiger partial charge in [0.05, 0.1) is 5.52 Å². The van der Waals surface area contributed by atoms with Gasteiger partial charge in [0.1, 0.15) is 5.52 Å². The predicted molar refractivity (Wildman–Crippen MR) is 55.7 cm³/mol. The maximum absolute atomic E-state index is 5.80. The van der Waals surface area contributed by atoms with Crippen LogP contribution in [0, 0.1) is 0 Å². The first-order valence-corrected chi connectivity index (χ1v) is 4.91. The summed E-state index contributed by atoms with van der Waals surface area (Å²) >= 11 is 5.80. The van der Waals surface area contributed by atoms with Gasteiger partial charge in [-0.3, -0.25) is 0 Å². The molecule has 1 N–H and O–H groups in total. The molecule has 0 fully saturated rings. The Morgan fingerprint density at radius 3 is 3.29 bits per heavy atom. The molecule has 0 bridgehead atoms. The molecule has 0 radical (unpaired) electrons. The van der Waals surface area contributed by atoms with Crippen molar-refractivity contribution < 1.29 is 0 Å². The maximum Gasteiger partial charge on any atom is 0.225 e. The first-order chi connectivity index (χ1) is 6.75. The van der Waals surface area contributed by atoms with Gasteiger partial charge in [0.2, 0.25) is 5.28 Å². The number of hydrogen-bond donors (Lipinski definition) is 1. The van der Waals surface area contributed by atoms with Crippen molar-refractivity contribution in [2.45, 2.75) is 13.0 Å². The van der Waals surface area contributed by atoms with E-state index in [0.717, 1.165) is 23.4 Å². The van der Waals surface area contributed by atoms with Crippen LogP contribution in [-0.2, 0) is 0 Å². The van der Waals surface area contributed by atoms with Gasteiger partial charge in [0.25, 0.3) is 0 Å². The van der Waals surface area contributed by atoms with E-state index in [4.69, 9.17) is 11.6 Å². The van der Waals surface area contributed by atoms with E-state index in [1.807, 2.05) is 12.3 Å². The smallest absolute Gasteiger partial charge is 0.225 e. The van der Waals surface area contributed by atoms with Crippen molar-refractivity contribution in [2.75, 3.05) is 11.9 Å². The number of hydrogen-bond acceptors (Lipinski definition) is 3. The zero-order chi connectivity index (χ0) is 9.71. The molecule has 0 unspecified atom stereocenters. The van der Waals surface area contributed by atoms with Crippen molar-refractivity contribution in [2.24, 2.45) is 0 Å². The predicted octanol–water partition coefficient (Wildman–Crippen LogP) is 2.07. The Morgan fingerprint density at radius 1 is 1.57 bits per heavy atom. The van der Waals surface area contributed by atoms with Gasteiger partial charge in [-0.15, -0.1) is 0 Å². The van der Waals surface area contributed by atoms with Crippen LogP contribution in [0.3, 0.4) is 0 Å². The summed E-state index contributed by atoms with van der Waals surface area (Å²) < 4.78 is 2.18. The molecule has 0 aromatic carbocycles. The average Bonchev–Trinajstić information content (AvgIpc) is 2.56. The van der Waals surface area contributed by atoms with Crippen molar-refractivity contribution in [1.82, 2.24) is 14.5 Å². The molecule has 0 amide bonds. The van der Waals surface area contributed by atoms with Gasteiger partial charge < -0.3 is 9.88 Å². The lowest BCUT2D eigenvalue weighted by molar-refractivity contribution is 0.580.